The van der Waals surface area contributed by atoms with Gasteiger partial charge in [-0.1, -0.05) is 29.8 Å². The summed E-state index contributed by atoms with van der Waals surface area (Å²) in [5.41, 5.74) is 3.27. The van der Waals surface area contributed by atoms with E-state index in [0.717, 1.165) is 30.5 Å². The van der Waals surface area contributed by atoms with Crippen molar-refractivity contribution in [2.75, 3.05) is 0 Å². The molecule has 110 valence electrons. The van der Waals surface area contributed by atoms with Gasteiger partial charge in [0.2, 0.25) is 5.91 Å². The number of aromatic amines is 1. The molecule has 0 saturated heterocycles. The van der Waals surface area contributed by atoms with Crippen molar-refractivity contribution in [3.05, 3.63) is 52.3 Å². The highest BCUT2D eigenvalue weighted by Crippen LogP contribution is 2.26. The highest BCUT2D eigenvalue weighted by molar-refractivity contribution is 6.31. The van der Waals surface area contributed by atoms with Crippen molar-refractivity contribution in [2.45, 2.75) is 32.2 Å². The summed E-state index contributed by atoms with van der Waals surface area (Å²) < 4.78 is 0. The number of fused-ring (bicyclic) bond motifs is 1. The Bertz CT molecular complexity index is 652. The summed E-state index contributed by atoms with van der Waals surface area (Å²) in [5, 5.41) is 10.8. The summed E-state index contributed by atoms with van der Waals surface area (Å²) in [6.07, 6.45) is 4.37. The molecule has 0 saturated carbocycles. The number of carbonyl (C=O) groups is 1. The average molecular weight is 304 g/mol. The lowest BCUT2D eigenvalue weighted by Gasteiger charge is -2.23. The fourth-order valence-corrected chi connectivity index (χ4v) is 3.17. The third-order valence-corrected chi connectivity index (χ3v) is 4.47. The lowest BCUT2D eigenvalue weighted by Crippen LogP contribution is -2.35. The second-order valence-corrected chi connectivity index (χ2v) is 5.97. The lowest BCUT2D eigenvalue weighted by molar-refractivity contribution is -0.126. The molecule has 1 aromatic heterocycles. The van der Waals surface area contributed by atoms with Gasteiger partial charge in [0.15, 0.2) is 0 Å². The van der Waals surface area contributed by atoms with Gasteiger partial charge >= 0.3 is 0 Å². The Morgan fingerprint density at radius 1 is 1.48 bits per heavy atom. The Hall–Kier alpha value is -1.81. The standard InChI is InChI=1S/C16H18ClN3O/c1-10(13-4-2-3-5-14(13)17)19-16(21)11-6-7-12-9-18-20-15(12)8-11/h2-5,9-11H,6-8H2,1H3,(H,18,20)(H,19,21)/t10-,11?/m1/s1. The van der Waals surface area contributed by atoms with Gasteiger partial charge in [-0.2, -0.15) is 5.10 Å². The van der Waals surface area contributed by atoms with Crippen molar-refractivity contribution in [3.63, 3.8) is 0 Å². The topological polar surface area (TPSA) is 57.8 Å². The molecule has 1 aromatic carbocycles. The van der Waals surface area contributed by atoms with Crippen molar-refractivity contribution in [1.82, 2.24) is 15.5 Å². The number of aryl methyl sites for hydroxylation is 1. The summed E-state index contributed by atoms with van der Waals surface area (Å²) in [4.78, 5) is 12.4. The molecule has 1 amide bonds. The zero-order valence-electron chi connectivity index (χ0n) is 11.9. The summed E-state index contributed by atoms with van der Waals surface area (Å²) in [5.74, 6) is 0.0885. The molecule has 0 fully saturated rings. The number of hydrogen-bond acceptors (Lipinski definition) is 2. The molecule has 1 heterocycles. The van der Waals surface area contributed by atoms with E-state index in [4.69, 9.17) is 11.6 Å². The van der Waals surface area contributed by atoms with Crippen LogP contribution < -0.4 is 5.32 Å². The van der Waals surface area contributed by atoms with Gasteiger partial charge < -0.3 is 5.32 Å². The molecule has 0 spiro atoms. The van der Waals surface area contributed by atoms with Gasteiger partial charge in [0, 0.05) is 23.1 Å². The predicted molar refractivity (Wildman–Crippen MR) is 82.1 cm³/mol. The van der Waals surface area contributed by atoms with E-state index in [2.05, 4.69) is 15.5 Å². The maximum Gasteiger partial charge on any atom is 0.223 e. The van der Waals surface area contributed by atoms with Crippen molar-refractivity contribution in [1.29, 1.82) is 0 Å². The minimum Gasteiger partial charge on any atom is -0.349 e. The van der Waals surface area contributed by atoms with Crippen molar-refractivity contribution < 1.29 is 4.79 Å². The fraction of sp³-hybridized carbons (Fsp3) is 0.375. The molecule has 1 aliphatic carbocycles. The van der Waals surface area contributed by atoms with Crippen LogP contribution in [0.5, 0.6) is 0 Å². The number of benzene rings is 1. The molecule has 2 aromatic rings. The summed E-state index contributed by atoms with van der Waals surface area (Å²) in [6, 6.07) is 7.52. The van der Waals surface area contributed by atoms with E-state index in [1.54, 1.807) is 0 Å². The largest absolute Gasteiger partial charge is 0.349 e. The SMILES string of the molecule is C[C@@H](NC(=O)C1CCc2cn[nH]c2C1)c1ccccc1Cl. The third-order valence-electron chi connectivity index (χ3n) is 4.12. The number of amides is 1. The molecule has 0 bridgehead atoms. The summed E-state index contributed by atoms with van der Waals surface area (Å²) in [7, 11) is 0. The number of aromatic nitrogens is 2. The molecule has 0 radical (unpaired) electrons. The molecule has 4 nitrogen and oxygen atoms in total. The first-order valence-electron chi connectivity index (χ1n) is 7.21. The van der Waals surface area contributed by atoms with Gasteiger partial charge in [0.25, 0.3) is 0 Å². The highest BCUT2D eigenvalue weighted by Gasteiger charge is 2.27. The van der Waals surface area contributed by atoms with Crippen LogP contribution in [0.15, 0.2) is 30.5 Å². The Balaban J connectivity index is 1.66. The monoisotopic (exact) mass is 303 g/mol. The zero-order valence-corrected chi connectivity index (χ0v) is 12.7. The Kier molecular flexibility index (Phi) is 3.97. The minimum atomic E-state index is -0.0886. The van der Waals surface area contributed by atoms with Crippen molar-refractivity contribution in [2.24, 2.45) is 5.92 Å². The van der Waals surface area contributed by atoms with E-state index in [9.17, 15) is 4.79 Å². The quantitative estimate of drug-likeness (QED) is 0.915. The van der Waals surface area contributed by atoms with Gasteiger partial charge in [0.05, 0.1) is 12.2 Å². The van der Waals surface area contributed by atoms with Crippen LogP contribution in [0.3, 0.4) is 0 Å². The molecule has 0 aliphatic heterocycles. The molecule has 1 aliphatic rings. The molecule has 2 N–H and O–H groups in total. The van der Waals surface area contributed by atoms with E-state index >= 15 is 0 Å². The first-order chi connectivity index (χ1) is 10.1. The molecular formula is C16H18ClN3O. The van der Waals surface area contributed by atoms with Crippen LogP contribution >= 0.6 is 11.6 Å². The lowest BCUT2D eigenvalue weighted by atomic mass is 9.87. The maximum absolute atomic E-state index is 12.4. The van der Waals surface area contributed by atoms with Gasteiger partial charge in [0.1, 0.15) is 0 Å². The molecule has 5 heteroatoms. The summed E-state index contributed by atoms with van der Waals surface area (Å²) >= 11 is 6.18. The minimum absolute atomic E-state index is 0.00267. The van der Waals surface area contributed by atoms with Crippen LogP contribution in [0.4, 0.5) is 0 Å². The van der Waals surface area contributed by atoms with Crippen LogP contribution in [0.2, 0.25) is 5.02 Å². The molecule has 2 atom stereocenters. The number of rotatable bonds is 3. The van der Waals surface area contributed by atoms with Crippen LogP contribution in [0, 0.1) is 5.92 Å². The van der Waals surface area contributed by atoms with Gasteiger partial charge in [-0.25, -0.2) is 0 Å². The first-order valence-corrected chi connectivity index (χ1v) is 7.59. The second kappa shape index (κ2) is 5.90. The number of nitrogens with one attached hydrogen (secondary N) is 2. The summed E-state index contributed by atoms with van der Waals surface area (Å²) in [6.45, 7) is 1.96. The number of nitrogens with zero attached hydrogens (tertiary/aromatic N) is 1. The molecular weight excluding hydrogens is 286 g/mol. The number of hydrogen-bond donors (Lipinski definition) is 2. The fourth-order valence-electron chi connectivity index (χ4n) is 2.87. The predicted octanol–water partition coefficient (Wildman–Crippen LogP) is 3.05. The van der Waals surface area contributed by atoms with E-state index in [-0.39, 0.29) is 17.9 Å². The number of halogens is 1. The van der Waals surface area contributed by atoms with Crippen molar-refractivity contribution >= 4 is 17.5 Å². The Morgan fingerprint density at radius 2 is 2.29 bits per heavy atom. The highest BCUT2D eigenvalue weighted by atomic mass is 35.5. The van der Waals surface area contributed by atoms with Crippen molar-refractivity contribution in [3.8, 4) is 0 Å². The van der Waals surface area contributed by atoms with Gasteiger partial charge in [-0.05, 0) is 37.0 Å². The van der Waals surface area contributed by atoms with Crippen LogP contribution in [0.25, 0.3) is 0 Å². The van der Waals surface area contributed by atoms with Gasteiger partial charge in [-0.3, -0.25) is 9.89 Å². The Morgan fingerprint density at radius 3 is 3.10 bits per heavy atom. The van der Waals surface area contributed by atoms with Crippen LogP contribution in [-0.4, -0.2) is 16.1 Å². The van der Waals surface area contributed by atoms with E-state index < -0.39 is 0 Å². The number of H-pyrrole nitrogens is 1. The average Bonchev–Trinajstić information content (AvgIpc) is 2.94. The third kappa shape index (κ3) is 2.95. The van der Waals surface area contributed by atoms with E-state index in [0.29, 0.717) is 5.02 Å². The smallest absolute Gasteiger partial charge is 0.223 e. The maximum atomic E-state index is 12.4. The van der Waals surface area contributed by atoms with Crippen LogP contribution in [-0.2, 0) is 17.6 Å². The van der Waals surface area contributed by atoms with Crippen LogP contribution in [0.1, 0.15) is 36.2 Å². The van der Waals surface area contributed by atoms with Gasteiger partial charge in [-0.15, -0.1) is 0 Å². The number of carbonyl (C=O) groups excluding carboxylic acids is 1. The van der Waals surface area contributed by atoms with E-state index in [1.807, 2.05) is 37.4 Å². The molecule has 3 rings (SSSR count). The Labute approximate surface area is 128 Å². The first kappa shape index (κ1) is 14.1. The zero-order chi connectivity index (χ0) is 14.8. The molecule has 21 heavy (non-hydrogen) atoms. The van der Waals surface area contributed by atoms with E-state index in [1.165, 1.54) is 5.56 Å². The second-order valence-electron chi connectivity index (χ2n) is 5.57. The molecule has 1 unspecified atom stereocenters. The normalized spacial score (nSPS) is 18.9.